The van der Waals surface area contributed by atoms with Crippen molar-refractivity contribution in [2.24, 2.45) is 0 Å². The molecule has 3 aromatic rings. The number of H-pyrrole nitrogens is 1. The van der Waals surface area contributed by atoms with Crippen LogP contribution in [0.3, 0.4) is 0 Å². The van der Waals surface area contributed by atoms with Gasteiger partial charge in [-0.1, -0.05) is 17.7 Å². The molecule has 10 heteroatoms. The molecule has 0 saturated heterocycles. The van der Waals surface area contributed by atoms with Gasteiger partial charge in [0.2, 0.25) is 17.8 Å². The van der Waals surface area contributed by atoms with Gasteiger partial charge in [-0.05, 0) is 48.9 Å². The van der Waals surface area contributed by atoms with Crippen LogP contribution in [0.25, 0.3) is 0 Å². The number of benzene rings is 2. The van der Waals surface area contributed by atoms with Crippen molar-refractivity contribution in [3.8, 4) is 5.75 Å². The topological polar surface area (TPSA) is 125 Å². The van der Waals surface area contributed by atoms with Gasteiger partial charge in [-0.2, -0.15) is 4.98 Å². The fraction of sp³-hybridized carbons (Fsp3) is 0.182. The number of aromatic amines is 1. The second-order valence-corrected chi connectivity index (χ2v) is 7.71. The molecule has 1 atom stereocenters. The summed E-state index contributed by atoms with van der Waals surface area (Å²) >= 11 is 6.20. The Morgan fingerprint density at radius 1 is 1.19 bits per heavy atom. The molecular weight excluding hydrogens is 434 g/mol. The Balaban J connectivity index is 1.62. The Morgan fingerprint density at radius 2 is 1.94 bits per heavy atom. The highest BCUT2D eigenvalue weighted by Gasteiger charge is 2.35. The zero-order valence-electron chi connectivity index (χ0n) is 17.3. The van der Waals surface area contributed by atoms with Crippen molar-refractivity contribution < 1.29 is 14.3 Å². The molecule has 0 bridgehead atoms. The van der Waals surface area contributed by atoms with Crippen molar-refractivity contribution in [2.75, 3.05) is 23.1 Å². The molecule has 9 nitrogen and oxygen atoms in total. The maximum atomic E-state index is 12.9. The summed E-state index contributed by atoms with van der Waals surface area (Å²) in [6, 6.07) is 12.2. The average molecular weight is 454 g/mol. The van der Waals surface area contributed by atoms with E-state index in [1.54, 1.807) is 49.6 Å². The van der Waals surface area contributed by atoms with Crippen LogP contribution in [0.5, 0.6) is 5.75 Å². The number of hydrogen-bond donors (Lipinski definition) is 4. The van der Waals surface area contributed by atoms with E-state index < -0.39 is 23.3 Å². The highest BCUT2D eigenvalue weighted by molar-refractivity contribution is 6.33. The molecule has 164 valence electrons. The lowest BCUT2D eigenvalue weighted by Gasteiger charge is -2.24. The molecule has 2 heterocycles. The number of carbonyl (C=O) groups excluding carboxylic acids is 2. The number of aromatic nitrogens is 2. The molecule has 1 aromatic heterocycles. The van der Waals surface area contributed by atoms with E-state index >= 15 is 0 Å². The lowest BCUT2D eigenvalue weighted by molar-refractivity contribution is -0.123. The summed E-state index contributed by atoms with van der Waals surface area (Å²) < 4.78 is 5.12. The molecule has 0 spiro atoms. The Hall–Kier alpha value is -3.85. The van der Waals surface area contributed by atoms with Crippen molar-refractivity contribution in [3.63, 3.8) is 0 Å². The number of carbonyl (C=O) groups is 2. The molecule has 32 heavy (non-hydrogen) atoms. The molecule has 4 N–H and O–H groups in total. The van der Waals surface area contributed by atoms with Crippen LogP contribution in [0, 0.1) is 6.92 Å². The third-order valence-corrected chi connectivity index (χ3v) is 5.32. The van der Waals surface area contributed by atoms with E-state index in [0.29, 0.717) is 22.1 Å². The quantitative estimate of drug-likeness (QED) is 0.468. The summed E-state index contributed by atoms with van der Waals surface area (Å²) in [7, 11) is 1.56. The monoisotopic (exact) mass is 453 g/mol. The summed E-state index contributed by atoms with van der Waals surface area (Å²) in [6.07, 6.45) is -0.182. The first-order valence-corrected chi connectivity index (χ1v) is 10.1. The molecule has 0 aliphatic carbocycles. The van der Waals surface area contributed by atoms with Crippen LogP contribution in [0.15, 0.2) is 47.3 Å². The number of nitrogens with one attached hydrogen (secondary N) is 4. The molecule has 1 aliphatic heterocycles. The predicted molar refractivity (Wildman–Crippen MR) is 122 cm³/mol. The Bertz CT molecular complexity index is 1260. The first-order chi connectivity index (χ1) is 15.3. The zero-order valence-corrected chi connectivity index (χ0v) is 18.0. The zero-order chi connectivity index (χ0) is 22.8. The van der Waals surface area contributed by atoms with Crippen molar-refractivity contribution >= 4 is 46.6 Å². The fourth-order valence-electron chi connectivity index (χ4n) is 3.41. The summed E-state index contributed by atoms with van der Waals surface area (Å²) in [4.78, 5) is 45.0. The number of rotatable bonds is 5. The molecule has 0 fully saturated rings. The number of aryl methyl sites for hydroxylation is 1. The van der Waals surface area contributed by atoms with Crippen molar-refractivity contribution in [1.29, 1.82) is 0 Å². The number of hydrogen-bond acceptors (Lipinski definition) is 6. The highest BCUT2D eigenvalue weighted by Crippen LogP contribution is 2.31. The second kappa shape index (κ2) is 8.72. The summed E-state index contributed by atoms with van der Waals surface area (Å²) in [6.45, 7) is 1.88. The number of ether oxygens (including phenoxy) is 1. The molecule has 2 amide bonds. The third-order valence-electron chi connectivity index (χ3n) is 5.00. The van der Waals surface area contributed by atoms with E-state index in [1.807, 2.05) is 6.92 Å². The summed E-state index contributed by atoms with van der Waals surface area (Å²) in [5.74, 6) is -1.10. The van der Waals surface area contributed by atoms with Crippen molar-refractivity contribution in [2.45, 2.75) is 19.3 Å². The largest absolute Gasteiger partial charge is 0.497 e. The standard InChI is InChI=1S/C22H20ClN5O4/c1-11-3-8-16(15(23)9-11)25-20(30)14-10-17(29)26-19-18(14)21(31)28-22(27-19)24-12-4-6-13(32-2)7-5-12/h3-9,14H,10H2,1-2H3,(H,25,30)(H3,24,26,27,28,29,31)/t14-/m1/s1. The van der Waals surface area contributed by atoms with Gasteiger partial charge in [0.1, 0.15) is 11.6 Å². The number of anilines is 4. The van der Waals surface area contributed by atoms with E-state index in [4.69, 9.17) is 16.3 Å². The average Bonchev–Trinajstić information content (AvgIpc) is 2.75. The van der Waals surface area contributed by atoms with Crippen LogP contribution in [-0.2, 0) is 9.59 Å². The van der Waals surface area contributed by atoms with Gasteiger partial charge in [-0.25, -0.2) is 0 Å². The van der Waals surface area contributed by atoms with Crippen LogP contribution in [-0.4, -0.2) is 28.9 Å². The predicted octanol–water partition coefficient (Wildman–Crippen LogP) is 3.55. The molecule has 0 radical (unpaired) electrons. The Morgan fingerprint density at radius 3 is 2.62 bits per heavy atom. The van der Waals surface area contributed by atoms with Crippen molar-refractivity contribution in [3.05, 3.63) is 69.0 Å². The third kappa shape index (κ3) is 4.42. The van der Waals surface area contributed by atoms with E-state index in [0.717, 1.165) is 5.56 Å². The van der Waals surface area contributed by atoms with Gasteiger partial charge < -0.3 is 20.7 Å². The summed E-state index contributed by atoms with van der Waals surface area (Å²) in [5.41, 5.74) is 1.55. The molecule has 2 aromatic carbocycles. The van der Waals surface area contributed by atoms with Gasteiger partial charge in [0.05, 0.1) is 29.3 Å². The lowest BCUT2D eigenvalue weighted by atomic mass is 9.92. The van der Waals surface area contributed by atoms with Crippen LogP contribution in [0.1, 0.15) is 23.5 Å². The number of methoxy groups -OCH3 is 1. The Kier molecular flexibility index (Phi) is 5.83. The van der Waals surface area contributed by atoms with E-state index in [1.165, 1.54) is 0 Å². The summed E-state index contributed by atoms with van der Waals surface area (Å²) in [5, 5.41) is 8.61. The SMILES string of the molecule is COc1ccc(Nc2nc3c(c(=O)[nH]2)[C@H](C(=O)Nc2ccc(C)cc2Cl)CC(=O)N3)cc1. The molecule has 0 saturated carbocycles. The van der Waals surface area contributed by atoms with Gasteiger partial charge in [0.15, 0.2) is 0 Å². The maximum absolute atomic E-state index is 12.9. The van der Waals surface area contributed by atoms with Gasteiger partial charge in [0.25, 0.3) is 5.56 Å². The molecule has 1 aliphatic rings. The first kappa shape index (κ1) is 21.4. The Labute approximate surface area is 188 Å². The number of nitrogens with zero attached hydrogens (tertiary/aromatic N) is 1. The smallest absolute Gasteiger partial charge is 0.258 e. The van der Waals surface area contributed by atoms with Gasteiger partial charge >= 0.3 is 0 Å². The number of fused-ring (bicyclic) bond motifs is 1. The minimum Gasteiger partial charge on any atom is -0.497 e. The molecule has 0 unspecified atom stereocenters. The second-order valence-electron chi connectivity index (χ2n) is 7.31. The minimum absolute atomic E-state index is 0.0381. The van der Waals surface area contributed by atoms with E-state index in [9.17, 15) is 14.4 Å². The van der Waals surface area contributed by atoms with Crippen molar-refractivity contribution in [1.82, 2.24) is 9.97 Å². The van der Waals surface area contributed by atoms with Crippen LogP contribution in [0.4, 0.5) is 23.1 Å². The molecular formula is C22H20ClN5O4. The number of halogens is 1. The van der Waals surface area contributed by atoms with Crippen LogP contribution in [0.2, 0.25) is 5.02 Å². The van der Waals surface area contributed by atoms with E-state index in [2.05, 4.69) is 25.9 Å². The van der Waals surface area contributed by atoms with Gasteiger partial charge in [-0.15, -0.1) is 0 Å². The van der Waals surface area contributed by atoms with Gasteiger partial charge in [-0.3, -0.25) is 19.4 Å². The first-order valence-electron chi connectivity index (χ1n) is 9.76. The van der Waals surface area contributed by atoms with Gasteiger partial charge in [0, 0.05) is 12.1 Å². The lowest BCUT2D eigenvalue weighted by Crippen LogP contribution is -2.36. The highest BCUT2D eigenvalue weighted by atomic mass is 35.5. The fourth-order valence-corrected chi connectivity index (χ4v) is 3.69. The normalized spacial score (nSPS) is 14.8. The molecule has 4 rings (SSSR count). The number of amides is 2. The van der Waals surface area contributed by atoms with E-state index in [-0.39, 0.29) is 23.8 Å². The van der Waals surface area contributed by atoms with Crippen LogP contribution >= 0.6 is 11.6 Å². The minimum atomic E-state index is -1.01. The van der Waals surface area contributed by atoms with Crippen LogP contribution < -0.4 is 26.2 Å². The maximum Gasteiger partial charge on any atom is 0.258 e.